The zero-order chi connectivity index (χ0) is 19.4. The first-order valence-electron chi connectivity index (χ1n) is 8.35. The van der Waals surface area contributed by atoms with Crippen LogP contribution in [0.2, 0.25) is 5.02 Å². The lowest BCUT2D eigenvalue weighted by Crippen LogP contribution is -2.18. The number of anilines is 2. The number of halogens is 1. The van der Waals surface area contributed by atoms with Gasteiger partial charge in [0.25, 0.3) is 11.8 Å². The third-order valence-electron chi connectivity index (χ3n) is 3.96. The van der Waals surface area contributed by atoms with E-state index in [-0.39, 0.29) is 17.3 Å². The molecule has 2 N–H and O–H groups in total. The molecule has 1 heterocycles. The Hall–Kier alpha value is -3.18. The highest BCUT2D eigenvalue weighted by molar-refractivity contribution is 6.30. The molecule has 0 atom stereocenters. The molecule has 1 aromatic heterocycles. The van der Waals surface area contributed by atoms with Crippen LogP contribution >= 0.6 is 11.6 Å². The van der Waals surface area contributed by atoms with Gasteiger partial charge in [-0.3, -0.25) is 9.59 Å². The number of nitrogens with zero attached hydrogens (tertiary/aromatic N) is 1. The fraction of sp³-hybridized carbons (Fsp3) is 0.0952. The Kier molecular flexibility index (Phi) is 5.52. The van der Waals surface area contributed by atoms with Crippen molar-refractivity contribution < 1.29 is 9.59 Å². The minimum Gasteiger partial charge on any atom is -0.321 e. The summed E-state index contributed by atoms with van der Waals surface area (Å²) in [5.74, 6) is -0.776. The summed E-state index contributed by atoms with van der Waals surface area (Å²) in [4.78, 5) is 29.1. The average Bonchev–Trinajstić information content (AvgIpc) is 2.66. The summed E-state index contributed by atoms with van der Waals surface area (Å²) in [7, 11) is 0. The maximum atomic E-state index is 12.5. The second-order valence-corrected chi connectivity index (χ2v) is 6.58. The van der Waals surface area contributed by atoms with E-state index in [2.05, 4.69) is 15.6 Å². The molecule has 0 bridgehead atoms. The lowest BCUT2D eigenvalue weighted by Gasteiger charge is -2.09. The predicted molar refractivity (Wildman–Crippen MR) is 108 cm³/mol. The molecular formula is C21H18ClN3O2. The molecular weight excluding hydrogens is 362 g/mol. The smallest absolute Gasteiger partial charge is 0.274 e. The van der Waals surface area contributed by atoms with Crippen LogP contribution in [0.5, 0.6) is 0 Å². The fourth-order valence-corrected chi connectivity index (χ4v) is 2.70. The molecule has 0 aliphatic rings. The van der Waals surface area contributed by atoms with E-state index in [0.29, 0.717) is 16.4 Å². The van der Waals surface area contributed by atoms with E-state index in [1.54, 1.807) is 36.4 Å². The van der Waals surface area contributed by atoms with E-state index in [1.807, 2.05) is 38.1 Å². The summed E-state index contributed by atoms with van der Waals surface area (Å²) in [6, 6.07) is 17.4. The Labute approximate surface area is 162 Å². The van der Waals surface area contributed by atoms with Gasteiger partial charge in [-0.1, -0.05) is 35.4 Å². The lowest BCUT2D eigenvalue weighted by molar-refractivity contribution is 0.101. The van der Waals surface area contributed by atoms with E-state index < -0.39 is 5.91 Å². The molecule has 0 radical (unpaired) electrons. The standard InChI is InChI=1S/C21H18ClN3O2/c1-13-6-9-16(10-7-13)23-20(26)18-4-3-5-19(24-18)21(27)25-17-11-8-15(22)12-14(17)2/h3-12H,1-2H3,(H,23,26)(H,25,27). The molecule has 3 aromatic rings. The fourth-order valence-electron chi connectivity index (χ4n) is 2.47. The van der Waals surface area contributed by atoms with Gasteiger partial charge in [-0.05, 0) is 61.9 Å². The number of benzene rings is 2. The van der Waals surface area contributed by atoms with Gasteiger partial charge in [-0.2, -0.15) is 0 Å². The summed E-state index contributed by atoms with van der Waals surface area (Å²) in [5.41, 5.74) is 3.56. The van der Waals surface area contributed by atoms with E-state index in [4.69, 9.17) is 11.6 Å². The first kappa shape index (κ1) is 18.6. The Morgan fingerprint density at radius 3 is 2.11 bits per heavy atom. The van der Waals surface area contributed by atoms with Crippen molar-refractivity contribution in [3.8, 4) is 0 Å². The number of aryl methyl sites for hydroxylation is 2. The SMILES string of the molecule is Cc1ccc(NC(=O)c2cccc(C(=O)Nc3ccc(Cl)cc3C)n2)cc1. The topological polar surface area (TPSA) is 71.1 Å². The van der Waals surface area contributed by atoms with Crippen LogP contribution in [-0.4, -0.2) is 16.8 Å². The molecule has 0 aliphatic carbocycles. The van der Waals surface area contributed by atoms with Crippen LogP contribution in [0.1, 0.15) is 32.1 Å². The van der Waals surface area contributed by atoms with Crippen LogP contribution in [0.25, 0.3) is 0 Å². The van der Waals surface area contributed by atoms with Gasteiger partial charge < -0.3 is 10.6 Å². The number of rotatable bonds is 4. The normalized spacial score (nSPS) is 10.3. The van der Waals surface area contributed by atoms with Gasteiger partial charge in [-0.25, -0.2) is 4.98 Å². The van der Waals surface area contributed by atoms with Crippen molar-refractivity contribution in [1.82, 2.24) is 4.98 Å². The van der Waals surface area contributed by atoms with Crippen LogP contribution in [0.4, 0.5) is 11.4 Å². The highest BCUT2D eigenvalue weighted by Crippen LogP contribution is 2.20. The van der Waals surface area contributed by atoms with Crippen LogP contribution in [0.15, 0.2) is 60.7 Å². The van der Waals surface area contributed by atoms with Crippen LogP contribution < -0.4 is 10.6 Å². The molecule has 0 spiro atoms. The van der Waals surface area contributed by atoms with Crippen molar-refractivity contribution in [2.75, 3.05) is 10.6 Å². The number of nitrogens with one attached hydrogen (secondary N) is 2. The Morgan fingerprint density at radius 1 is 0.852 bits per heavy atom. The molecule has 0 aliphatic heterocycles. The molecule has 0 saturated heterocycles. The average molecular weight is 380 g/mol. The van der Waals surface area contributed by atoms with Crippen LogP contribution in [0, 0.1) is 13.8 Å². The van der Waals surface area contributed by atoms with Gasteiger partial charge in [-0.15, -0.1) is 0 Å². The monoisotopic (exact) mass is 379 g/mol. The number of carbonyl (C=O) groups excluding carboxylic acids is 2. The van der Waals surface area contributed by atoms with Gasteiger partial charge >= 0.3 is 0 Å². The van der Waals surface area contributed by atoms with E-state index in [1.165, 1.54) is 0 Å². The summed E-state index contributed by atoms with van der Waals surface area (Å²) in [6.45, 7) is 3.82. The Morgan fingerprint density at radius 2 is 1.48 bits per heavy atom. The van der Waals surface area contributed by atoms with Crippen molar-refractivity contribution in [3.63, 3.8) is 0 Å². The first-order chi connectivity index (χ1) is 12.9. The molecule has 6 heteroatoms. The third kappa shape index (κ3) is 4.71. The van der Waals surface area contributed by atoms with Crippen LogP contribution in [0.3, 0.4) is 0 Å². The number of hydrogen-bond donors (Lipinski definition) is 2. The molecule has 27 heavy (non-hydrogen) atoms. The maximum absolute atomic E-state index is 12.5. The highest BCUT2D eigenvalue weighted by atomic mass is 35.5. The number of aromatic nitrogens is 1. The number of pyridine rings is 1. The second kappa shape index (κ2) is 8.01. The van der Waals surface area contributed by atoms with Gasteiger partial charge in [0.05, 0.1) is 0 Å². The minimum atomic E-state index is -0.398. The zero-order valence-electron chi connectivity index (χ0n) is 14.9. The van der Waals surface area contributed by atoms with Crippen molar-refractivity contribution in [2.24, 2.45) is 0 Å². The molecule has 0 saturated carbocycles. The van der Waals surface area contributed by atoms with Crippen LogP contribution in [-0.2, 0) is 0 Å². The maximum Gasteiger partial charge on any atom is 0.274 e. The Balaban J connectivity index is 1.75. The minimum absolute atomic E-state index is 0.154. The molecule has 0 unspecified atom stereocenters. The van der Waals surface area contributed by atoms with E-state index >= 15 is 0 Å². The molecule has 3 rings (SSSR count). The van der Waals surface area contributed by atoms with E-state index in [9.17, 15) is 9.59 Å². The molecule has 5 nitrogen and oxygen atoms in total. The van der Waals surface area contributed by atoms with Gasteiger partial charge in [0.1, 0.15) is 11.4 Å². The molecule has 2 aromatic carbocycles. The first-order valence-corrected chi connectivity index (χ1v) is 8.73. The summed E-state index contributed by atoms with van der Waals surface area (Å²) < 4.78 is 0. The van der Waals surface area contributed by atoms with Gasteiger partial charge in [0.2, 0.25) is 0 Å². The van der Waals surface area contributed by atoms with Crippen molar-refractivity contribution in [2.45, 2.75) is 13.8 Å². The molecule has 136 valence electrons. The molecule has 0 fully saturated rings. The summed E-state index contributed by atoms with van der Waals surface area (Å²) in [6.07, 6.45) is 0. The van der Waals surface area contributed by atoms with E-state index in [0.717, 1.165) is 11.1 Å². The van der Waals surface area contributed by atoms with Gasteiger partial charge in [0, 0.05) is 16.4 Å². The number of hydrogen-bond acceptors (Lipinski definition) is 3. The van der Waals surface area contributed by atoms with Crippen molar-refractivity contribution in [1.29, 1.82) is 0 Å². The predicted octanol–water partition coefficient (Wildman–Crippen LogP) is 4.86. The quantitative estimate of drug-likeness (QED) is 0.680. The third-order valence-corrected chi connectivity index (χ3v) is 4.20. The van der Waals surface area contributed by atoms with Crippen molar-refractivity contribution in [3.05, 3.63) is 88.2 Å². The number of carbonyl (C=O) groups is 2. The van der Waals surface area contributed by atoms with Gasteiger partial charge in [0.15, 0.2) is 0 Å². The highest BCUT2D eigenvalue weighted by Gasteiger charge is 2.13. The summed E-state index contributed by atoms with van der Waals surface area (Å²) in [5, 5.41) is 6.15. The lowest BCUT2D eigenvalue weighted by atomic mass is 10.2. The second-order valence-electron chi connectivity index (χ2n) is 6.14. The van der Waals surface area contributed by atoms with Crippen molar-refractivity contribution >= 4 is 34.8 Å². The largest absolute Gasteiger partial charge is 0.321 e. The molecule has 2 amide bonds. The number of amides is 2. The zero-order valence-corrected chi connectivity index (χ0v) is 15.7. The Bertz CT molecular complexity index is 1000. The summed E-state index contributed by atoms with van der Waals surface area (Å²) >= 11 is 5.93.